The van der Waals surface area contributed by atoms with Crippen molar-refractivity contribution in [2.75, 3.05) is 23.4 Å². The topological polar surface area (TPSA) is 112 Å². The van der Waals surface area contributed by atoms with Gasteiger partial charge in [0.15, 0.2) is 0 Å². The summed E-state index contributed by atoms with van der Waals surface area (Å²) < 4.78 is 11.4. The minimum absolute atomic E-state index is 0.126. The Morgan fingerprint density at radius 3 is 2.82 bits per heavy atom. The second kappa shape index (κ2) is 6.74. The highest BCUT2D eigenvalue weighted by Crippen LogP contribution is 2.13. The lowest BCUT2D eigenvalue weighted by Crippen LogP contribution is -2.27. The molecule has 7 nitrogen and oxygen atoms in total. The molecular formula is C8H13N3O4S2. The number of hydrogen-bond acceptors (Lipinski definition) is 7. The molecule has 0 saturated heterocycles. The largest absolute Gasteiger partial charge is 0.394 e. The van der Waals surface area contributed by atoms with Crippen LogP contribution in [-0.2, 0) is 15.6 Å². The number of aryl methyl sites for hydroxylation is 1. The quantitative estimate of drug-likeness (QED) is 0.608. The van der Waals surface area contributed by atoms with Crippen LogP contribution in [0.5, 0.6) is 0 Å². The minimum atomic E-state index is -1.51. The molecule has 1 rings (SSSR count). The number of aliphatic hydroxyl groups excluding tert-OH is 2. The smallest absolute Gasteiger partial charge is 0.238 e. The number of carbonyl (C=O) groups is 1. The number of nitrogens with zero attached hydrogens (tertiary/aromatic N) is 2. The number of amides is 1. The van der Waals surface area contributed by atoms with Crippen molar-refractivity contribution >= 4 is 33.2 Å². The summed E-state index contributed by atoms with van der Waals surface area (Å²) in [6.07, 6.45) is -1.06. The number of nitrogens with one attached hydrogen (secondary N) is 1. The van der Waals surface area contributed by atoms with Gasteiger partial charge in [0.2, 0.25) is 11.0 Å². The third-order valence-electron chi connectivity index (χ3n) is 1.65. The van der Waals surface area contributed by atoms with Gasteiger partial charge >= 0.3 is 0 Å². The zero-order chi connectivity index (χ0) is 12.8. The van der Waals surface area contributed by atoms with E-state index in [2.05, 4.69) is 15.5 Å². The third kappa shape index (κ3) is 5.31. The molecule has 0 fully saturated rings. The standard InChI is InChI=1S/C8H13N3O4S2/c1-5-10-11-8(16-5)9-7(14)4-17(15)3-6(13)2-12/h6,12-13H,2-4H2,1H3,(H,9,11,14). The van der Waals surface area contributed by atoms with Crippen LogP contribution in [0.2, 0.25) is 0 Å². The third-order valence-corrected chi connectivity index (χ3v) is 3.75. The van der Waals surface area contributed by atoms with E-state index in [9.17, 15) is 9.00 Å². The second-order valence-corrected chi connectivity index (χ2v) is 5.94. The minimum Gasteiger partial charge on any atom is -0.394 e. The Balaban J connectivity index is 2.37. The molecule has 2 unspecified atom stereocenters. The molecule has 1 amide bonds. The molecule has 0 spiro atoms. The molecule has 96 valence electrons. The molecule has 0 aliphatic heterocycles. The molecule has 0 aliphatic rings. The average molecular weight is 279 g/mol. The number of carbonyl (C=O) groups excluding carboxylic acids is 1. The van der Waals surface area contributed by atoms with E-state index >= 15 is 0 Å². The first-order valence-electron chi connectivity index (χ1n) is 4.75. The number of rotatable bonds is 6. The maximum Gasteiger partial charge on any atom is 0.238 e. The Morgan fingerprint density at radius 1 is 1.59 bits per heavy atom. The molecule has 0 saturated carbocycles. The van der Waals surface area contributed by atoms with Gasteiger partial charge in [-0.1, -0.05) is 11.3 Å². The van der Waals surface area contributed by atoms with E-state index in [0.717, 1.165) is 5.01 Å². The summed E-state index contributed by atoms with van der Waals surface area (Å²) in [5, 5.41) is 28.5. The normalized spacial score (nSPS) is 14.3. The summed E-state index contributed by atoms with van der Waals surface area (Å²) in [7, 11) is -1.51. The van der Waals surface area contributed by atoms with Crippen LogP contribution in [0, 0.1) is 6.92 Å². The van der Waals surface area contributed by atoms with Gasteiger partial charge in [-0.25, -0.2) is 0 Å². The lowest BCUT2D eigenvalue weighted by molar-refractivity contribution is -0.113. The van der Waals surface area contributed by atoms with Crippen molar-refractivity contribution in [1.82, 2.24) is 10.2 Å². The van der Waals surface area contributed by atoms with Crippen LogP contribution < -0.4 is 5.32 Å². The van der Waals surface area contributed by atoms with Crippen LogP contribution in [0.15, 0.2) is 0 Å². The van der Waals surface area contributed by atoms with Crippen LogP contribution >= 0.6 is 11.3 Å². The van der Waals surface area contributed by atoms with Crippen molar-refractivity contribution in [3.63, 3.8) is 0 Å². The highest BCUT2D eigenvalue weighted by atomic mass is 32.2. The van der Waals surface area contributed by atoms with Crippen LogP contribution in [0.1, 0.15) is 5.01 Å². The summed E-state index contributed by atoms with van der Waals surface area (Å²) in [6, 6.07) is 0. The maximum absolute atomic E-state index is 11.4. The van der Waals surface area contributed by atoms with Gasteiger partial charge in [0, 0.05) is 10.8 Å². The predicted octanol–water partition coefficient (Wildman–Crippen LogP) is -1.11. The first-order chi connectivity index (χ1) is 8.01. The van der Waals surface area contributed by atoms with Gasteiger partial charge in [-0.3, -0.25) is 14.3 Å². The van der Waals surface area contributed by atoms with Crippen molar-refractivity contribution < 1.29 is 19.2 Å². The fraction of sp³-hybridized carbons (Fsp3) is 0.625. The van der Waals surface area contributed by atoms with E-state index in [0.29, 0.717) is 5.13 Å². The zero-order valence-electron chi connectivity index (χ0n) is 9.12. The zero-order valence-corrected chi connectivity index (χ0v) is 10.8. The van der Waals surface area contributed by atoms with Crippen LogP contribution in [0.25, 0.3) is 0 Å². The molecule has 3 N–H and O–H groups in total. The van der Waals surface area contributed by atoms with Crippen molar-refractivity contribution in [1.29, 1.82) is 0 Å². The summed E-state index contributed by atoms with van der Waals surface area (Å²) in [5.74, 6) is -0.820. The monoisotopic (exact) mass is 279 g/mol. The molecule has 0 aromatic carbocycles. The Kier molecular flexibility index (Phi) is 5.62. The number of anilines is 1. The SMILES string of the molecule is Cc1nnc(NC(=O)CS(=O)CC(O)CO)s1. The van der Waals surface area contributed by atoms with Crippen molar-refractivity contribution in [3.05, 3.63) is 5.01 Å². The van der Waals surface area contributed by atoms with E-state index in [-0.39, 0.29) is 11.5 Å². The molecule has 9 heteroatoms. The Morgan fingerprint density at radius 2 is 2.29 bits per heavy atom. The highest BCUT2D eigenvalue weighted by Gasteiger charge is 2.13. The summed E-state index contributed by atoms with van der Waals surface area (Å²) in [5.41, 5.74) is 0. The predicted molar refractivity (Wildman–Crippen MR) is 64.2 cm³/mol. The lowest BCUT2D eigenvalue weighted by Gasteiger charge is -2.06. The average Bonchev–Trinajstić information content (AvgIpc) is 2.63. The first kappa shape index (κ1) is 14.2. The molecular weight excluding hydrogens is 266 g/mol. The molecule has 0 radical (unpaired) electrons. The summed E-state index contributed by atoms with van der Waals surface area (Å²) >= 11 is 1.22. The molecule has 1 aromatic rings. The van der Waals surface area contributed by atoms with Gasteiger partial charge in [0.25, 0.3) is 0 Å². The van der Waals surface area contributed by atoms with E-state index in [1.54, 1.807) is 6.92 Å². The maximum atomic E-state index is 11.4. The molecule has 2 atom stereocenters. The lowest BCUT2D eigenvalue weighted by atomic mass is 10.4. The Bertz CT molecular complexity index is 409. The van der Waals surface area contributed by atoms with Crippen LogP contribution in [0.4, 0.5) is 5.13 Å². The van der Waals surface area contributed by atoms with E-state index in [1.165, 1.54) is 11.3 Å². The van der Waals surface area contributed by atoms with Gasteiger partial charge in [0.1, 0.15) is 10.8 Å². The fourth-order valence-electron chi connectivity index (χ4n) is 0.975. The van der Waals surface area contributed by atoms with Crippen molar-refractivity contribution in [2.45, 2.75) is 13.0 Å². The van der Waals surface area contributed by atoms with Crippen molar-refractivity contribution in [2.24, 2.45) is 0 Å². The Labute approximate surface area is 104 Å². The van der Waals surface area contributed by atoms with Gasteiger partial charge in [-0.05, 0) is 6.92 Å². The molecule has 1 aromatic heterocycles. The van der Waals surface area contributed by atoms with Gasteiger partial charge in [0.05, 0.1) is 18.5 Å². The van der Waals surface area contributed by atoms with Gasteiger partial charge < -0.3 is 10.2 Å². The Hall–Kier alpha value is -0.900. The molecule has 0 aliphatic carbocycles. The molecule has 17 heavy (non-hydrogen) atoms. The van der Waals surface area contributed by atoms with E-state index in [1.807, 2.05) is 0 Å². The fourth-order valence-corrected chi connectivity index (χ4v) is 2.60. The second-order valence-electron chi connectivity index (χ2n) is 3.26. The van der Waals surface area contributed by atoms with E-state index in [4.69, 9.17) is 10.2 Å². The van der Waals surface area contributed by atoms with Crippen LogP contribution in [-0.4, -0.2) is 54.7 Å². The van der Waals surface area contributed by atoms with E-state index < -0.39 is 29.4 Å². The molecule has 0 bridgehead atoms. The first-order valence-corrected chi connectivity index (χ1v) is 7.05. The number of aliphatic hydroxyl groups is 2. The van der Waals surface area contributed by atoms with Crippen molar-refractivity contribution in [3.8, 4) is 0 Å². The summed E-state index contributed by atoms with van der Waals surface area (Å²) in [6.45, 7) is 1.28. The van der Waals surface area contributed by atoms with Crippen LogP contribution in [0.3, 0.4) is 0 Å². The number of aromatic nitrogens is 2. The number of hydrogen-bond donors (Lipinski definition) is 3. The van der Waals surface area contributed by atoms with Gasteiger partial charge in [-0.2, -0.15) is 0 Å². The molecule has 1 heterocycles. The highest BCUT2D eigenvalue weighted by molar-refractivity contribution is 7.85. The summed E-state index contributed by atoms with van der Waals surface area (Å²) in [4.78, 5) is 11.4. The van der Waals surface area contributed by atoms with Gasteiger partial charge in [-0.15, -0.1) is 10.2 Å².